The second kappa shape index (κ2) is 6.75. The lowest BCUT2D eigenvalue weighted by Crippen LogP contribution is -1.98. The molecule has 8 nitrogen and oxygen atoms in total. The van der Waals surface area contributed by atoms with Gasteiger partial charge >= 0.3 is 0 Å². The minimum atomic E-state index is -0.435. The molecule has 0 atom stereocenters. The van der Waals surface area contributed by atoms with E-state index in [2.05, 4.69) is 15.5 Å². The van der Waals surface area contributed by atoms with E-state index in [-0.39, 0.29) is 5.69 Å². The van der Waals surface area contributed by atoms with Crippen molar-refractivity contribution in [2.24, 2.45) is 12.1 Å². The number of non-ortho nitro benzene ring substituents is 1. The van der Waals surface area contributed by atoms with Crippen molar-refractivity contribution in [3.05, 3.63) is 76.5 Å². The molecule has 0 unspecified atom stereocenters. The third-order valence-electron chi connectivity index (χ3n) is 4.11. The summed E-state index contributed by atoms with van der Waals surface area (Å²) in [4.78, 5) is 14.9. The lowest BCUT2D eigenvalue weighted by Gasteiger charge is -1.99. The quantitative estimate of drug-likeness (QED) is 0.326. The van der Waals surface area contributed by atoms with Crippen LogP contribution in [-0.2, 0) is 7.05 Å². The zero-order chi connectivity index (χ0) is 18.8. The van der Waals surface area contributed by atoms with Gasteiger partial charge < -0.3 is 8.98 Å². The number of nitro groups is 1. The summed E-state index contributed by atoms with van der Waals surface area (Å²) in [5, 5.41) is 15.1. The molecule has 0 aliphatic heterocycles. The van der Waals surface area contributed by atoms with Crippen LogP contribution in [0.3, 0.4) is 0 Å². The van der Waals surface area contributed by atoms with Crippen LogP contribution in [0.1, 0.15) is 5.76 Å². The zero-order valence-corrected chi connectivity index (χ0v) is 14.4. The molecule has 2 aromatic carbocycles. The first-order valence-corrected chi connectivity index (χ1v) is 8.17. The third kappa shape index (κ3) is 3.28. The van der Waals surface area contributed by atoms with Crippen molar-refractivity contribution < 1.29 is 9.34 Å². The summed E-state index contributed by atoms with van der Waals surface area (Å²) < 4.78 is 7.60. The number of hydrogen-bond donors (Lipinski definition) is 1. The molecule has 2 aromatic heterocycles. The SMILES string of the molecule is Cn1c(N/N=C\c2ccc(-c3cccc([N+](=O)[O-])c3)o2)nc2ccccc21. The van der Waals surface area contributed by atoms with E-state index in [1.54, 1.807) is 24.3 Å². The van der Waals surface area contributed by atoms with E-state index >= 15 is 0 Å². The topological polar surface area (TPSA) is 98.5 Å². The molecule has 0 saturated carbocycles. The average Bonchev–Trinajstić information content (AvgIpc) is 3.28. The second-order valence-electron chi connectivity index (χ2n) is 5.86. The molecule has 0 aliphatic rings. The van der Waals surface area contributed by atoms with Crippen LogP contribution in [0, 0.1) is 10.1 Å². The van der Waals surface area contributed by atoms with Crippen LogP contribution in [-0.4, -0.2) is 20.7 Å². The van der Waals surface area contributed by atoms with Gasteiger partial charge in [0.25, 0.3) is 5.69 Å². The molecule has 0 fully saturated rings. The second-order valence-corrected chi connectivity index (χ2v) is 5.86. The monoisotopic (exact) mass is 361 g/mol. The Morgan fingerprint density at radius 3 is 2.85 bits per heavy atom. The number of benzene rings is 2. The molecule has 8 heteroatoms. The van der Waals surface area contributed by atoms with Gasteiger partial charge in [0.05, 0.1) is 22.2 Å². The zero-order valence-electron chi connectivity index (χ0n) is 14.4. The molecule has 0 amide bonds. The van der Waals surface area contributed by atoms with Crippen LogP contribution in [0.5, 0.6) is 0 Å². The highest BCUT2D eigenvalue weighted by molar-refractivity contribution is 5.80. The Bertz CT molecular complexity index is 1160. The first-order valence-electron chi connectivity index (χ1n) is 8.17. The Morgan fingerprint density at radius 2 is 2.04 bits per heavy atom. The predicted octanol–water partition coefficient (Wildman–Crippen LogP) is 4.19. The van der Waals surface area contributed by atoms with Crippen molar-refractivity contribution in [2.75, 3.05) is 5.43 Å². The smallest absolute Gasteiger partial charge is 0.270 e. The van der Waals surface area contributed by atoms with Crippen molar-refractivity contribution >= 4 is 28.9 Å². The maximum Gasteiger partial charge on any atom is 0.270 e. The molecule has 134 valence electrons. The van der Waals surface area contributed by atoms with Crippen LogP contribution in [0.4, 0.5) is 11.6 Å². The third-order valence-corrected chi connectivity index (χ3v) is 4.11. The molecule has 0 aliphatic carbocycles. The maximum absolute atomic E-state index is 10.9. The van der Waals surface area contributed by atoms with Gasteiger partial charge in [0.1, 0.15) is 11.5 Å². The molecule has 2 heterocycles. The van der Waals surface area contributed by atoms with Gasteiger partial charge in [-0.3, -0.25) is 10.1 Å². The number of fused-ring (bicyclic) bond motifs is 1. The number of nitrogens with zero attached hydrogens (tertiary/aromatic N) is 4. The minimum absolute atomic E-state index is 0.0163. The molecule has 0 spiro atoms. The molecule has 4 aromatic rings. The van der Waals surface area contributed by atoms with Crippen LogP contribution < -0.4 is 5.43 Å². The Hall–Kier alpha value is -3.94. The fourth-order valence-corrected chi connectivity index (χ4v) is 2.75. The lowest BCUT2D eigenvalue weighted by atomic mass is 10.1. The summed E-state index contributed by atoms with van der Waals surface area (Å²) in [5.74, 6) is 1.66. The first kappa shape index (κ1) is 16.5. The van der Waals surface area contributed by atoms with Gasteiger partial charge in [0.2, 0.25) is 5.95 Å². The first-order chi connectivity index (χ1) is 13.1. The number of aryl methyl sites for hydroxylation is 1. The highest BCUT2D eigenvalue weighted by Gasteiger charge is 2.10. The number of hydrazone groups is 1. The number of anilines is 1. The molecule has 0 bridgehead atoms. The summed E-state index contributed by atoms with van der Waals surface area (Å²) in [5.41, 5.74) is 5.42. The normalized spacial score (nSPS) is 11.3. The number of furan rings is 1. The summed E-state index contributed by atoms with van der Waals surface area (Å²) in [6.45, 7) is 0. The molecule has 1 N–H and O–H groups in total. The lowest BCUT2D eigenvalue weighted by molar-refractivity contribution is -0.384. The Balaban J connectivity index is 1.51. The summed E-state index contributed by atoms with van der Waals surface area (Å²) >= 11 is 0. The predicted molar refractivity (Wildman–Crippen MR) is 103 cm³/mol. The molecule has 0 saturated heterocycles. The number of hydrogen-bond acceptors (Lipinski definition) is 6. The van der Waals surface area contributed by atoms with E-state index in [0.717, 1.165) is 11.0 Å². The highest BCUT2D eigenvalue weighted by atomic mass is 16.6. The van der Waals surface area contributed by atoms with Gasteiger partial charge in [-0.1, -0.05) is 24.3 Å². The Morgan fingerprint density at radius 1 is 1.19 bits per heavy atom. The Labute approximate surface area is 153 Å². The van der Waals surface area contributed by atoms with Crippen LogP contribution in [0.15, 0.2) is 70.2 Å². The molecule has 0 radical (unpaired) electrons. The van der Waals surface area contributed by atoms with Crippen LogP contribution >= 0.6 is 0 Å². The van der Waals surface area contributed by atoms with Gasteiger partial charge in [-0.05, 0) is 24.3 Å². The van der Waals surface area contributed by atoms with Crippen molar-refractivity contribution in [3.63, 3.8) is 0 Å². The average molecular weight is 361 g/mol. The largest absolute Gasteiger partial charge is 0.455 e. The van der Waals surface area contributed by atoms with Gasteiger partial charge in [-0.2, -0.15) is 5.10 Å². The molecular formula is C19H15N5O3. The number of imidazole rings is 1. The fourth-order valence-electron chi connectivity index (χ4n) is 2.75. The van der Waals surface area contributed by atoms with E-state index < -0.39 is 4.92 Å². The number of aromatic nitrogens is 2. The maximum atomic E-state index is 10.9. The Kier molecular flexibility index (Phi) is 4.13. The van der Waals surface area contributed by atoms with Crippen molar-refractivity contribution in [1.29, 1.82) is 0 Å². The van der Waals surface area contributed by atoms with Gasteiger partial charge in [0.15, 0.2) is 0 Å². The molecular weight excluding hydrogens is 346 g/mol. The van der Waals surface area contributed by atoms with Crippen molar-refractivity contribution in [3.8, 4) is 11.3 Å². The summed E-state index contributed by atoms with van der Waals surface area (Å²) in [6, 6.07) is 17.6. The fraction of sp³-hybridized carbons (Fsp3) is 0.0526. The van der Waals surface area contributed by atoms with E-state index in [4.69, 9.17) is 4.42 Å². The number of rotatable bonds is 5. The van der Waals surface area contributed by atoms with E-state index in [1.807, 2.05) is 35.9 Å². The van der Waals surface area contributed by atoms with Gasteiger partial charge in [0, 0.05) is 24.7 Å². The number of para-hydroxylation sites is 2. The molecule has 4 rings (SSSR count). The van der Waals surface area contributed by atoms with E-state index in [0.29, 0.717) is 23.0 Å². The van der Waals surface area contributed by atoms with Crippen LogP contribution in [0.25, 0.3) is 22.4 Å². The summed E-state index contributed by atoms with van der Waals surface area (Å²) in [7, 11) is 1.90. The van der Waals surface area contributed by atoms with Crippen LogP contribution in [0.2, 0.25) is 0 Å². The van der Waals surface area contributed by atoms with Crippen molar-refractivity contribution in [1.82, 2.24) is 9.55 Å². The van der Waals surface area contributed by atoms with Gasteiger partial charge in [-0.15, -0.1) is 0 Å². The minimum Gasteiger partial charge on any atom is -0.455 e. The van der Waals surface area contributed by atoms with E-state index in [9.17, 15) is 10.1 Å². The van der Waals surface area contributed by atoms with E-state index in [1.165, 1.54) is 18.3 Å². The molecule has 27 heavy (non-hydrogen) atoms. The van der Waals surface area contributed by atoms with Crippen molar-refractivity contribution in [2.45, 2.75) is 0 Å². The highest BCUT2D eigenvalue weighted by Crippen LogP contribution is 2.25. The summed E-state index contributed by atoms with van der Waals surface area (Å²) in [6.07, 6.45) is 1.53. The standard InChI is InChI=1S/C19H15N5O3/c1-23-17-8-3-2-7-16(17)21-19(23)22-20-12-15-9-10-18(27-15)13-5-4-6-14(11-13)24(25)26/h2-12H,1H3,(H,21,22)/b20-12-. The number of nitrogens with one attached hydrogen (secondary N) is 1. The van der Waals surface area contributed by atoms with Gasteiger partial charge in [-0.25, -0.2) is 10.4 Å². The number of nitro benzene ring substituents is 1.